The second-order valence-corrected chi connectivity index (χ2v) is 5.81. The van der Waals surface area contributed by atoms with Crippen LogP contribution in [0.3, 0.4) is 0 Å². The molecule has 1 heterocycles. The summed E-state index contributed by atoms with van der Waals surface area (Å²) in [5.74, 6) is -1.22. The Kier molecular flexibility index (Phi) is 5.57. The zero-order valence-electron chi connectivity index (χ0n) is 12.2. The molecule has 1 aromatic carbocycles. The molecular formula is C13H8BrClF5N3O2. The van der Waals surface area contributed by atoms with Gasteiger partial charge in [0.2, 0.25) is 0 Å². The SMILES string of the molecule is Cn1nc(C(F)(F)F)c(Br)c1C(=O)Nc1ccc(OC(F)F)c(Cl)c1. The van der Waals surface area contributed by atoms with Gasteiger partial charge in [0.05, 0.1) is 9.50 Å². The van der Waals surface area contributed by atoms with Crippen LogP contribution in [0.25, 0.3) is 0 Å². The summed E-state index contributed by atoms with van der Waals surface area (Å²) in [4.78, 5) is 12.2. The van der Waals surface area contributed by atoms with Gasteiger partial charge in [-0.25, -0.2) is 0 Å². The second-order valence-electron chi connectivity index (χ2n) is 4.61. The van der Waals surface area contributed by atoms with Crippen LogP contribution in [0.15, 0.2) is 22.7 Å². The lowest BCUT2D eigenvalue weighted by Crippen LogP contribution is -2.16. The molecule has 0 aliphatic carbocycles. The molecule has 0 saturated carbocycles. The van der Waals surface area contributed by atoms with E-state index < -0.39 is 28.9 Å². The van der Waals surface area contributed by atoms with Gasteiger partial charge in [-0.05, 0) is 34.1 Å². The van der Waals surface area contributed by atoms with Crippen LogP contribution < -0.4 is 10.1 Å². The van der Waals surface area contributed by atoms with Crippen molar-refractivity contribution in [1.82, 2.24) is 9.78 Å². The molecule has 0 atom stereocenters. The number of aromatic nitrogens is 2. The molecule has 25 heavy (non-hydrogen) atoms. The Labute approximate surface area is 150 Å². The molecule has 0 radical (unpaired) electrons. The lowest BCUT2D eigenvalue weighted by molar-refractivity contribution is -0.142. The van der Waals surface area contributed by atoms with Crippen molar-refractivity contribution < 1.29 is 31.5 Å². The molecule has 0 aliphatic heterocycles. The van der Waals surface area contributed by atoms with E-state index >= 15 is 0 Å². The van der Waals surface area contributed by atoms with E-state index in [4.69, 9.17) is 11.6 Å². The van der Waals surface area contributed by atoms with Crippen molar-refractivity contribution in [2.24, 2.45) is 7.05 Å². The monoisotopic (exact) mass is 447 g/mol. The Bertz CT molecular complexity index is 810. The minimum Gasteiger partial charge on any atom is -0.433 e. The maximum Gasteiger partial charge on any atom is 0.436 e. The van der Waals surface area contributed by atoms with Gasteiger partial charge in [-0.2, -0.15) is 27.1 Å². The van der Waals surface area contributed by atoms with Crippen molar-refractivity contribution in [1.29, 1.82) is 0 Å². The maximum absolute atomic E-state index is 12.8. The van der Waals surface area contributed by atoms with E-state index in [0.717, 1.165) is 16.8 Å². The van der Waals surface area contributed by atoms with E-state index in [1.54, 1.807) is 0 Å². The molecule has 2 aromatic rings. The molecule has 1 aromatic heterocycles. The first-order valence-electron chi connectivity index (χ1n) is 6.36. The van der Waals surface area contributed by atoms with Crippen LogP contribution in [0.1, 0.15) is 16.2 Å². The van der Waals surface area contributed by atoms with Crippen molar-refractivity contribution in [2.45, 2.75) is 12.8 Å². The second kappa shape index (κ2) is 7.16. The third kappa shape index (κ3) is 4.40. The Balaban J connectivity index is 2.26. The van der Waals surface area contributed by atoms with Crippen molar-refractivity contribution in [3.05, 3.63) is 39.1 Å². The zero-order chi connectivity index (χ0) is 18.9. The van der Waals surface area contributed by atoms with Gasteiger partial charge >= 0.3 is 12.8 Å². The number of ether oxygens (including phenoxy) is 1. The molecule has 1 N–H and O–H groups in total. The quantitative estimate of drug-likeness (QED) is 0.690. The predicted octanol–water partition coefficient (Wildman–Crippen LogP) is 4.71. The number of aryl methyl sites for hydroxylation is 1. The fourth-order valence-electron chi connectivity index (χ4n) is 1.89. The van der Waals surface area contributed by atoms with Gasteiger partial charge < -0.3 is 10.1 Å². The number of benzene rings is 1. The molecule has 0 fully saturated rings. The minimum absolute atomic E-state index is 0.0678. The van der Waals surface area contributed by atoms with Crippen LogP contribution in [0, 0.1) is 0 Å². The predicted molar refractivity (Wildman–Crippen MR) is 81.9 cm³/mol. The average molecular weight is 449 g/mol. The highest BCUT2D eigenvalue weighted by Gasteiger charge is 2.39. The maximum atomic E-state index is 12.8. The molecule has 5 nitrogen and oxygen atoms in total. The van der Waals surface area contributed by atoms with E-state index in [9.17, 15) is 26.7 Å². The van der Waals surface area contributed by atoms with E-state index in [-0.39, 0.29) is 22.2 Å². The summed E-state index contributed by atoms with van der Waals surface area (Å²) in [6.45, 7) is -3.08. The molecule has 0 aliphatic rings. The summed E-state index contributed by atoms with van der Waals surface area (Å²) in [5.41, 5.74) is -1.56. The largest absolute Gasteiger partial charge is 0.436 e. The van der Waals surface area contributed by atoms with Crippen LogP contribution in [-0.2, 0) is 13.2 Å². The summed E-state index contributed by atoms with van der Waals surface area (Å²) in [7, 11) is 1.17. The Morgan fingerprint density at radius 1 is 1.40 bits per heavy atom. The van der Waals surface area contributed by atoms with Gasteiger partial charge in [0, 0.05) is 12.7 Å². The highest BCUT2D eigenvalue weighted by atomic mass is 79.9. The van der Waals surface area contributed by atoms with Gasteiger partial charge in [0.25, 0.3) is 5.91 Å². The van der Waals surface area contributed by atoms with Gasteiger partial charge in [0.1, 0.15) is 11.4 Å². The molecule has 0 spiro atoms. The van der Waals surface area contributed by atoms with Gasteiger partial charge in [-0.15, -0.1) is 0 Å². The van der Waals surface area contributed by atoms with Gasteiger partial charge in [-0.1, -0.05) is 11.6 Å². The molecule has 12 heteroatoms. The van der Waals surface area contributed by atoms with E-state index in [0.29, 0.717) is 0 Å². The topological polar surface area (TPSA) is 56.2 Å². The molecule has 1 amide bonds. The van der Waals surface area contributed by atoms with Crippen LogP contribution >= 0.6 is 27.5 Å². The summed E-state index contributed by atoms with van der Waals surface area (Å²) < 4.78 is 67.1. The normalized spacial score (nSPS) is 11.7. The first-order chi connectivity index (χ1) is 11.5. The number of halogens is 7. The highest BCUT2D eigenvalue weighted by Crippen LogP contribution is 2.36. The molecule has 2 rings (SSSR count). The first-order valence-corrected chi connectivity index (χ1v) is 7.53. The fraction of sp³-hybridized carbons (Fsp3) is 0.231. The summed E-state index contributed by atoms with van der Waals surface area (Å²) in [5, 5.41) is 5.35. The Morgan fingerprint density at radius 3 is 2.52 bits per heavy atom. The van der Waals surface area contributed by atoms with Crippen LogP contribution in [-0.4, -0.2) is 22.3 Å². The van der Waals surface area contributed by atoms with Crippen LogP contribution in [0.4, 0.5) is 27.6 Å². The molecule has 0 saturated heterocycles. The van der Waals surface area contributed by atoms with Crippen LogP contribution in [0.2, 0.25) is 5.02 Å². The number of carbonyl (C=O) groups is 1. The first kappa shape index (κ1) is 19.4. The van der Waals surface area contributed by atoms with Crippen molar-refractivity contribution in [2.75, 3.05) is 5.32 Å². The molecule has 0 unspecified atom stereocenters. The van der Waals surface area contributed by atoms with Crippen molar-refractivity contribution in [3.63, 3.8) is 0 Å². The smallest absolute Gasteiger partial charge is 0.433 e. The van der Waals surface area contributed by atoms with E-state index in [1.807, 2.05) is 0 Å². The molecular weight excluding hydrogens is 441 g/mol. The lowest BCUT2D eigenvalue weighted by atomic mass is 10.2. The van der Waals surface area contributed by atoms with Gasteiger partial charge in [-0.3, -0.25) is 9.48 Å². The number of hydrogen-bond acceptors (Lipinski definition) is 3. The minimum atomic E-state index is -4.74. The van der Waals surface area contributed by atoms with E-state index in [1.165, 1.54) is 13.1 Å². The standard InChI is InChI=1S/C13H8BrClF5N3O2/c1-23-9(8(14)10(22-23)13(18,19)20)11(24)21-5-2-3-7(6(15)4-5)25-12(16)17/h2-4,12H,1H3,(H,21,24). The summed E-state index contributed by atoms with van der Waals surface area (Å²) in [6.07, 6.45) is -4.74. The number of hydrogen-bond donors (Lipinski definition) is 1. The lowest BCUT2D eigenvalue weighted by Gasteiger charge is -2.10. The third-order valence-corrected chi connectivity index (χ3v) is 3.93. The van der Waals surface area contributed by atoms with Crippen molar-refractivity contribution >= 4 is 39.1 Å². The number of anilines is 1. The Morgan fingerprint density at radius 2 is 2.04 bits per heavy atom. The number of rotatable bonds is 4. The number of nitrogens with one attached hydrogen (secondary N) is 1. The van der Waals surface area contributed by atoms with Crippen molar-refractivity contribution in [3.8, 4) is 5.75 Å². The van der Waals surface area contributed by atoms with Crippen LogP contribution in [0.5, 0.6) is 5.75 Å². The molecule has 136 valence electrons. The zero-order valence-corrected chi connectivity index (χ0v) is 14.5. The number of alkyl halides is 5. The fourth-order valence-corrected chi connectivity index (χ4v) is 2.85. The third-order valence-electron chi connectivity index (χ3n) is 2.88. The number of nitrogens with zero attached hydrogens (tertiary/aromatic N) is 2. The summed E-state index contributed by atoms with van der Waals surface area (Å²) >= 11 is 8.46. The Hall–Kier alpha value is -1.88. The highest BCUT2D eigenvalue weighted by molar-refractivity contribution is 9.10. The van der Waals surface area contributed by atoms with Gasteiger partial charge in [0.15, 0.2) is 5.69 Å². The number of carbonyl (C=O) groups excluding carboxylic acids is 1. The number of amides is 1. The summed E-state index contributed by atoms with van der Waals surface area (Å²) in [6, 6.07) is 3.41. The molecule has 0 bridgehead atoms. The van der Waals surface area contributed by atoms with E-state index in [2.05, 4.69) is 31.1 Å². The average Bonchev–Trinajstić information content (AvgIpc) is 2.76.